The number of fused-ring (bicyclic) bond motifs is 1. The number of aliphatic hydroxyl groups excluding tert-OH is 1. The van der Waals surface area contributed by atoms with Gasteiger partial charge in [-0.05, 0) is 30.7 Å². The average Bonchev–Trinajstić information content (AvgIpc) is 2.85. The molecule has 4 nitrogen and oxygen atoms in total. The number of rotatable bonds is 6. The first-order valence-electron chi connectivity index (χ1n) is 6.51. The van der Waals surface area contributed by atoms with Gasteiger partial charge in [-0.2, -0.15) is 0 Å². The third kappa shape index (κ3) is 3.15. The quantitative estimate of drug-likeness (QED) is 0.839. The molecule has 0 amide bonds. The van der Waals surface area contributed by atoms with Crippen molar-refractivity contribution in [3.05, 3.63) is 23.8 Å². The van der Waals surface area contributed by atoms with Gasteiger partial charge < -0.3 is 14.6 Å². The first kappa shape index (κ1) is 13.2. The number of hydrogen-bond acceptors (Lipinski definition) is 4. The van der Waals surface area contributed by atoms with Crippen molar-refractivity contribution in [3.63, 3.8) is 0 Å². The zero-order valence-corrected chi connectivity index (χ0v) is 11.1. The topological polar surface area (TPSA) is 41.9 Å². The van der Waals surface area contributed by atoms with Crippen LogP contribution >= 0.6 is 0 Å². The van der Waals surface area contributed by atoms with E-state index in [4.69, 9.17) is 9.47 Å². The molecule has 0 fully saturated rings. The number of ether oxygens (including phenoxy) is 2. The van der Waals surface area contributed by atoms with E-state index in [1.165, 1.54) is 5.56 Å². The SMILES string of the molecule is CCC(O)CN(CC)Cc1ccc2c(c1)OCO2. The molecule has 1 aliphatic rings. The Morgan fingerprint density at radius 3 is 2.78 bits per heavy atom. The van der Waals surface area contributed by atoms with E-state index in [0.717, 1.165) is 31.0 Å². The van der Waals surface area contributed by atoms with Crippen molar-refractivity contribution in [1.82, 2.24) is 4.90 Å². The van der Waals surface area contributed by atoms with E-state index in [1.807, 2.05) is 19.1 Å². The van der Waals surface area contributed by atoms with Gasteiger partial charge >= 0.3 is 0 Å². The number of aliphatic hydroxyl groups is 1. The summed E-state index contributed by atoms with van der Waals surface area (Å²) in [7, 11) is 0. The molecule has 1 N–H and O–H groups in total. The summed E-state index contributed by atoms with van der Waals surface area (Å²) < 4.78 is 10.7. The summed E-state index contributed by atoms with van der Waals surface area (Å²) >= 11 is 0. The smallest absolute Gasteiger partial charge is 0.231 e. The van der Waals surface area contributed by atoms with Gasteiger partial charge in [0.15, 0.2) is 11.5 Å². The summed E-state index contributed by atoms with van der Waals surface area (Å²) in [5, 5.41) is 9.71. The number of benzene rings is 1. The molecule has 0 bridgehead atoms. The first-order chi connectivity index (χ1) is 8.72. The lowest BCUT2D eigenvalue weighted by Gasteiger charge is -2.23. The molecule has 1 aliphatic heterocycles. The lowest BCUT2D eigenvalue weighted by molar-refractivity contribution is 0.108. The minimum Gasteiger partial charge on any atom is -0.454 e. The fraction of sp³-hybridized carbons (Fsp3) is 0.571. The Morgan fingerprint density at radius 1 is 1.28 bits per heavy atom. The summed E-state index contributed by atoms with van der Waals surface area (Å²) in [5.41, 5.74) is 1.18. The summed E-state index contributed by atoms with van der Waals surface area (Å²) in [4.78, 5) is 2.23. The molecule has 4 heteroatoms. The highest BCUT2D eigenvalue weighted by Gasteiger charge is 2.15. The largest absolute Gasteiger partial charge is 0.454 e. The van der Waals surface area contributed by atoms with E-state index in [2.05, 4.69) is 17.9 Å². The van der Waals surface area contributed by atoms with E-state index < -0.39 is 0 Å². The molecular formula is C14H21NO3. The van der Waals surface area contributed by atoms with E-state index >= 15 is 0 Å². The van der Waals surface area contributed by atoms with Crippen molar-refractivity contribution in [2.75, 3.05) is 19.9 Å². The second kappa shape index (κ2) is 6.07. The van der Waals surface area contributed by atoms with Gasteiger partial charge in [0.05, 0.1) is 6.10 Å². The van der Waals surface area contributed by atoms with Crippen LogP contribution in [0, 0.1) is 0 Å². The van der Waals surface area contributed by atoms with Crippen LogP contribution in [0.5, 0.6) is 11.5 Å². The van der Waals surface area contributed by atoms with Crippen LogP contribution < -0.4 is 9.47 Å². The van der Waals surface area contributed by atoms with Gasteiger partial charge in [-0.25, -0.2) is 0 Å². The van der Waals surface area contributed by atoms with Gasteiger partial charge in [-0.1, -0.05) is 19.9 Å². The molecule has 0 aromatic heterocycles. The van der Waals surface area contributed by atoms with Gasteiger partial charge in [0, 0.05) is 13.1 Å². The van der Waals surface area contributed by atoms with Crippen LogP contribution in [0.15, 0.2) is 18.2 Å². The molecule has 1 aromatic carbocycles. The Morgan fingerprint density at radius 2 is 2.06 bits per heavy atom. The molecule has 100 valence electrons. The highest BCUT2D eigenvalue weighted by Crippen LogP contribution is 2.32. The predicted octanol–water partition coefficient (Wildman–Crippen LogP) is 2.01. The zero-order valence-electron chi connectivity index (χ0n) is 11.1. The molecule has 1 atom stereocenters. The van der Waals surface area contributed by atoms with Crippen LogP contribution in [0.3, 0.4) is 0 Å². The van der Waals surface area contributed by atoms with Crippen LogP contribution in [0.25, 0.3) is 0 Å². The van der Waals surface area contributed by atoms with Crippen molar-refractivity contribution < 1.29 is 14.6 Å². The van der Waals surface area contributed by atoms with Crippen molar-refractivity contribution in [3.8, 4) is 11.5 Å². The number of hydrogen-bond donors (Lipinski definition) is 1. The summed E-state index contributed by atoms with van der Waals surface area (Å²) in [6.07, 6.45) is 0.538. The van der Waals surface area contributed by atoms with Crippen molar-refractivity contribution in [1.29, 1.82) is 0 Å². The number of nitrogens with zero attached hydrogens (tertiary/aromatic N) is 1. The standard InChI is InChI=1S/C14H21NO3/c1-3-12(16)9-15(4-2)8-11-5-6-13-14(7-11)18-10-17-13/h5-7,12,16H,3-4,8-10H2,1-2H3. The third-order valence-electron chi connectivity index (χ3n) is 3.23. The van der Waals surface area contributed by atoms with Crippen LogP contribution in [0.1, 0.15) is 25.8 Å². The summed E-state index contributed by atoms with van der Waals surface area (Å²) in [6.45, 7) is 6.87. The van der Waals surface area contributed by atoms with E-state index in [9.17, 15) is 5.11 Å². The maximum Gasteiger partial charge on any atom is 0.231 e. The molecule has 0 aliphatic carbocycles. The normalized spacial score (nSPS) is 15.1. The fourth-order valence-electron chi connectivity index (χ4n) is 2.03. The van der Waals surface area contributed by atoms with E-state index in [1.54, 1.807) is 0 Å². The maximum atomic E-state index is 9.71. The third-order valence-corrected chi connectivity index (χ3v) is 3.23. The van der Waals surface area contributed by atoms with Gasteiger partial charge in [-0.15, -0.1) is 0 Å². The minimum atomic E-state index is -0.251. The first-order valence-corrected chi connectivity index (χ1v) is 6.51. The molecular weight excluding hydrogens is 230 g/mol. The summed E-state index contributed by atoms with van der Waals surface area (Å²) in [5.74, 6) is 1.63. The summed E-state index contributed by atoms with van der Waals surface area (Å²) in [6, 6.07) is 6.01. The Hall–Kier alpha value is -1.26. The lowest BCUT2D eigenvalue weighted by Crippen LogP contribution is -2.31. The van der Waals surface area contributed by atoms with Gasteiger partial charge in [0.25, 0.3) is 0 Å². The van der Waals surface area contributed by atoms with Gasteiger partial charge in [0.1, 0.15) is 0 Å². The Bertz CT molecular complexity index is 395. The highest BCUT2D eigenvalue weighted by atomic mass is 16.7. The molecule has 18 heavy (non-hydrogen) atoms. The molecule has 0 saturated carbocycles. The molecule has 0 radical (unpaired) electrons. The Kier molecular flexibility index (Phi) is 4.44. The predicted molar refractivity (Wildman–Crippen MR) is 69.8 cm³/mol. The van der Waals surface area contributed by atoms with Crippen molar-refractivity contribution >= 4 is 0 Å². The zero-order chi connectivity index (χ0) is 13.0. The van der Waals surface area contributed by atoms with E-state index in [-0.39, 0.29) is 6.10 Å². The monoisotopic (exact) mass is 251 g/mol. The highest BCUT2D eigenvalue weighted by molar-refractivity contribution is 5.44. The lowest BCUT2D eigenvalue weighted by atomic mass is 10.1. The molecule has 0 spiro atoms. The second-order valence-corrected chi connectivity index (χ2v) is 4.58. The number of likely N-dealkylation sites (N-methyl/N-ethyl adjacent to an activating group) is 1. The fourth-order valence-corrected chi connectivity index (χ4v) is 2.03. The molecule has 1 heterocycles. The average molecular weight is 251 g/mol. The van der Waals surface area contributed by atoms with Gasteiger partial charge in [-0.3, -0.25) is 4.90 Å². The molecule has 2 rings (SSSR count). The van der Waals surface area contributed by atoms with E-state index in [0.29, 0.717) is 13.3 Å². The maximum absolute atomic E-state index is 9.71. The van der Waals surface area contributed by atoms with Crippen molar-refractivity contribution in [2.45, 2.75) is 32.9 Å². The van der Waals surface area contributed by atoms with Crippen LogP contribution in [-0.2, 0) is 6.54 Å². The molecule has 1 aromatic rings. The molecule has 1 unspecified atom stereocenters. The van der Waals surface area contributed by atoms with Crippen molar-refractivity contribution in [2.24, 2.45) is 0 Å². The van der Waals surface area contributed by atoms with Crippen LogP contribution in [-0.4, -0.2) is 36.0 Å². The van der Waals surface area contributed by atoms with Crippen LogP contribution in [0.4, 0.5) is 0 Å². The second-order valence-electron chi connectivity index (χ2n) is 4.58. The Balaban J connectivity index is 1.98. The van der Waals surface area contributed by atoms with Gasteiger partial charge in [0.2, 0.25) is 6.79 Å². The minimum absolute atomic E-state index is 0.251. The van der Waals surface area contributed by atoms with Crippen LogP contribution in [0.2, 0.25) is 0 Å². The Labute approximate surface area is 108 Å². The molecule has 0 saturated heterocycles.